The van der Waals surface area contributed by atoms with Crippen LogP contribution in [0.25, 0.3) is 5.69 Å². The number of thioether (sulfide) groups is 1. The number of carbonyl (C=O) groups excluding carboxylic acids is 1. The fourth-order valence-corrected chi connectivity index (χ4v) is 4.16. The predicted octanol–water partition coefficient (Wildman–Crippen LogP) is 2.75. The molecule has 4 rings (SSSR count). The number of nitrogens with zero attached hydrogens (tertiary/aromatic N) is 4. The van der Waals surface area contributed by atoms with E-state index in [4.69, 9.17) is 0 Å². The highest BCUT2D eigenvalue weighted by Crippen LogP contribution is 2.19. The van der Waals surface area contributed by atoms with E-state index in [1.54, 1.807) is 6.33 Å². The van der Waals surface area contributed by atoms with Gasteiger partial charge in [-0.1, -0.05) is 60.3 Å². The van der Waals surface area contributed by atoms with Crippen LogP contribution in [0.15, 0.2) is 72.1 Å². The number of carbonyl (C=O) groups is 1. The Morgan fingerprint density at radius 1 is 1.11 bits per heavy atom. The summed E-state index contributed by atoms with van der Waals surface area (Å²) in [5.41, 5.74) is 2.30. The van der Waals surface area contributed by atoms with Crippen LogP contribution in [0, 0.1) is 0 Å². The van der Waals surface area contributed by atoms with Gasteiger partial charge in [-0.15, -0.1) is 10.2 Å². The standard InChI is InChI=1S/C21H23N5OS/c27-20(15-28-21-24-22-16-26(21)19-9-5-2-6-10-19)23-18-11-12-25(14-18)13-17-7-3-1-4-8-17/h1-10,16,18H,11-15H2,(H,23,27). The van der Waals surface area contributed by atoms with Crippen molar-refractivity contribution in [1.29, 1.82) is 0 Å². The van der Waals surface area contributed by atoms with E-state index >= 15 is 0 Å². The Balaban J connectivity index is 1.25. The summed E-state index contributed by atoms with van der Waals surface area (Å²) in [5.74, 6) is 0.375. The van der Waals surface area contributed by atoms with E-state index in [2.05, 4.69) is 44.7 Å². The molecule has 28 heavy (non-hydrogen) atoms. The molecule has 7 heteroatoms. The van der Waals surface area contributed by atoms with Crippen LogP contribution < -0.4 is 5.32 Å². The second-order valence-corrected chi connectivity index (χ2v) is 7.82. The van der Waals surface area contributed by atoms with Crippen LogP contribution in [-0.4, -0.2) is 50.5 Å². The Hall–Kier alpha value is -2.64. The summed E-state index contributed by atoms with van der Waals surface area (Å²) in [6.07, 6.45) is 2.66. The molecule has 2 heterocycles. The highest BCUT2D eigenvalue weighted by molar-refractivity contribution is 7.99. The maximum atomic E-state index is 12.4. The highest BCUT2D eigenvalue weighted by atomic mass is 32.2. The number of para-hydroxylation sites is 1. The summed E-state index contributed by atoms with van der Waals surface area (Å²) in [6.45, 7) is 2.84. The summed E-state index contributed by atoms with van der Waals surface area (Å²) in [5, 5.41) is 12.0. The monoisotopic (exact) mass is 393 g/mol. The molecular weight excluding hydrogens is 370 g/mol. The second kappa shape index (κ2) is 9.03. The van der Waals surface area contributed by atoms with E-state index in [1.807, 2.05) is 41.0 Å². The Labute approximate surface area is 169 Å². The van der Waals surface area contributed by atoms with E-state index in [0.29, 0.717) is 5.75 Å². The van der Waals surface area contributed by atoms with E-state index in [-0.39, 0.29) is 11.9 Å². The fraction of sp³-hybridized carbons (Fsp3) is 0.286. The zero-order valence-corrected chi connectivity index (χ0v) is 16.4. The first kappa shape index (κ1) is 18.7. The molecule has 0 saturated carbocycles. The molecule has 3 aromatic rings. The average molecular weight is 394 g/mol. The topological polar surface area (TPSA) is 63.1 Å². The van der Waals surface area contributed by atoms with Crippen molar-refractivity contribution in [2.24, 2.45) is 0 Å². The average Bonchev–Trinajstić information content (AvgIpc) is 3.37. The number of aromatic nitrogens is 3. The lowest BCUT2D eigenvalue weighted by atomic mass is 10.2. The molecule has 1 saturated heterocycles. The molecule has 1 atom stereocenters. The number of hydrogen-bond acceptors (Lipinski definition) is 5. The van der Waals surface area contributed by atoms with Crippen molar-refractivity contribution in [3.05, 3.63) is 72.6 Å². The molecule has 0 radical (unpaired) electrons. The van der Waals surface area contributed by atoms with Gasteiger partial charge in [0.2, 0.25) is 5.91 Å². The summed E-state index contributed by atoms with van der Waals surface area (Å²) in [4.78, 5) is 14.8. The number of hydrogen-bond donors (Lipinski definition) is 1. The molecule has 1 unspecified atom stereocenters. The first-order valence-electron chi connectivity index (χ1n) is 9.42. The first-order chi connectivity index (χ1) is 13.8. The zero-order valence-electron chi connectivity index (χ0n) is 15.6. The van der Waals surface area contributed by atoms with E-state index < -0.39 is 0 Å². The van der Waals surface area contributed by atoms with Gasteiger partial charge in [0.1, 0.15) is 6.33 Å². The van der Waals surface area contributed by atoms with Gasteiger partial charge in [-0.25, -0.2) is 0 Å². The molecule has 1 aliphatic rings. The summed E-state index contributed by atoms with van der Waals surface area (Å²) in [7, 11) is 0. The van der Waals surface area contributed by atoms with Gasteiger partial charge in [-0.3, -0.25) is 14.3 Å². The van der Waals surface area contributed by atoms with Crippen LogP contribution in [0.1, 0.15) is 12.0 Å². The molecule has 1 aliphatic heterocycles. The number of likely N-dealkylation sites (tertiary alicyclic amines) is 1. The van der Waals surface area contributed by atoms with E-state index in [9.17, 15) is 4.79 Å². The quantitative estimate of drug-likeness (QED) is 0.626. The minimum absolute atomic E-state index is 0.0409. The number of amides is 1. The minimum atomic E-state index is 0.0409. The van der Waals surface area contributed by atoms with Gasteiger partial charge in [-0.2, -0.15) is 0 Å². The van der Waals surface area contributed by atoms with Gasteiger partial charge in [-0.05, 0) is 24.1 Å². The molecule has 1 N–H and O–H groups in total. The Morgan fingerprint density at radius 2 is 1.86 bits per heavy atom. The van der Waals surface area contributed by atoms with Crippen molar-refractivity contribution in [3.63, 3.8) is 0 Å². The predicted molar refractivity (Wildman–Crippen MR) is 110 cm³/mol. The lowest BCUT2D eigenvalue weighted by molar-refractivity contribution is -0.119. The lowest BCUT2D eigenvalue weighted by Gasteiger charge is -2.16. The van der Waals surface area contributed by atoms with Crippen LogP contribution in [0.4, 0.5) is 0 Å². The van der Waals surface area contributed by atoms with Crippen LogP contribution in [0.2, 0.25) is 0 Å². The molecule has 144 valence electrons. The Morgan fingerprint density at radius 3 is 2.64 bits per heavy atom. The number of rotatable bonds is 7. The van der Waals surface area contributed by atoms with Crippen molar-refractivity contribution in [2.45, 2.75) is 24.2 Å². The van der Waals surface area contributed by atoms with E-state index in [1.165, 1.54) is 17.3 Å². The molecule has 6 nitrogen and oxygen atoms in total. The maximum absolute atomic E-state index is 12.4. The summed E-state index contributed by atoms with van der Waals surface area (Å²) >= 11 is 1.41. The molecule has 1 amide bonds. The van der Waals surface area contributed by atoms with Crippen molar-refractivity contribution < 1.29 is 4.79 Å². The smallest absolute Gasteiger partial charge is 0.230 e. The van der Waals surface area contributed by atoms with E-state index in [0.717, 1.165) is 36.9 Å². The summed E-state index contributed by atoms with van der Waals surface area (Å²) < 4.78 is 1.90. The second-order valence-electron chi connectivity index (χ2n) is 6.88. The van der Waals surface area contributed by atoms with Crippen molar-refractivity contribution >= 4 is 17.7 Å². The lowest BCUT2D eigenvalue weighted by Crippen LogP contribution is -2.38. The van der Waals surface area contributed by atoms with Crippen LogP contribution in [-0.2, 0) is 11.3 Å². The fourth-order valence-electron chi connectivity index (χ4n) is 3.42. The van der Waals surface area contributed by atoms with Crippen LogP contribution in [0.3, 0.4) is 0 Å². The third-order valence-electron chi connectivity index (χ3n) is 4.77. The maximum Gasteiger partial charge on any atom is 0.230 e. The van der Waals surface area contributed by atoms with Crippen molar-refractivity contribution in [1.82, 2.24) is 25.0 Å². The molecule has 1 aromatic heterocycles. The highest BCUT2D eigenvalue weighted by Gasteiger charge is 2.24. The van der Waals surface area contributed by atoms with Gasteiger partial charge < -0.3 is 5.32 Å². The zero-order chi connectivity index (χ0) is 19.2. The Bertz CT molecular complexity index is 899. The normalized spacial score (nSPS) is 16.9. The minimum Gasteiger partial charge on any atom is -0.351 e. The SMILES string of the molecule is O=C(CSc1nncn1-c1ccccc1)NC1CCN(Cc2ccccc2)C1. The molecule has 0 spiro atoms. The van der Waals surface area contributed by atoms with Gasteiger partial charge in [0.15, 0.2) is 5.16 Å². The molecule has 1 fully saturated rings. The van der Waals surface area contributed by atoms with Crippen molar-refractivity contribution in [2.75, 3.05) is 18.8 Å². The number of benzene rings is 2. The van der Waals surface area contributed by atoms with Crippen molar-refractivity contribution in [3.8, 4) is 5.69 Å². The molecular formula is C21H23N5OS. The third-order valence-corrected chi connectivity index (χ3v) is 5.71. The third kappa shape index (κ3) is 4.79. The van der Waals surface area contributed by atoms with Gasteiger partial charge >= 0.3 is 0 Å². The molecule has 2 aromatic carbocycles. The Kier molecular flexibility index (Phi) is 6.04. The van der Waals surface area contributed by atoms with Gasteiger partial charge in [0.05, 0.1) is 5.75 Å². The number of nitrogens with one attached hydrogen (secondary N) is 1. The largest absolute Gasteiger partial charge is 0.351 e. The molecule has 0 aliphatic carbocycles. The van der Waals surface area contributed by atoms with Crippen LogP contribution >= 0.6 is 11.8 Å². The molecule has 0 bridgehead atoms. The van der Waals surface area contributed by atoms with Gasteiger partial charge in [0.25, 0.3) is 0 Å². The van der Waals surface area contributed by atoms with Crippen LogP contribution in [0.5, 0.6) is 0 Å². The summed E-state index contributed by atoms with van der Waals surface area (Å²) in [6, 6.07) is 20.6. The first-order valence-corrected chi connectivity index (χ1v) is 10.4. The van der Waals surface area contributed by atoms with Gasteiger partial charge in [0, 0.05) is 31.4 Å².